The average Bonchev–Trinajstić information content (AvgIpc) is 3.23. The average molecular weight is 316 g/mol. The van der Waals surface area contributed by atoms with Crippen molar-refractivity contribution in [2.75, 3.05) is 19.8 Å². The highest BCUT2D eigenvalue weighted by Crippen LogP contribution is 2.38. The van der Waals surface area contributed by atoms with E-state index in [9.17, 15) is 4.79 Å². The third-order valence-electron chi connectivity index (χ3n) is 4.79. The quantitative estimate of drug-likeness (QED) is 0.881. The van der Waals surface area contributed by atoms with Gasteiger partial charge in [0.15, 0.2) is 5.79 Å². The van der Waals surface area contributed by atoms with Gasteiger partial charge in [-0.25, -0.2) is 9.78 Å². The Balaban J connectivity index is 1.31. The van der Waals surface area contributed by atoms with E-state index in [0.717, 1.165) is 36.7 Å². The fourth-order valence-corrected chi connectivity index (χ4v) is 3.41. The van der Waals surface area contributed by atoms with Gasteiger partial charge >= 0.3 is 5.97 Å². The molecule has 1 saturated carbocycles. The van der Waals surface area contributed by atoms with Crippen LogP contribution in [0.5, 0.6) is 0 Å². The Kier molecular flexibility index (Phi) is 3.79. The first-order valence-electron chi connectivity index (χ1n) is 8.12. The largest absolute Gasteiger partial charge is 0.462 e. The van der Waals surface area contributed by atoms with Gasteiger partial charge < -0.3 is 19.2 Å². The van der Waals surface area contributed by atoms with Crippen LogP contribution >= 0.6 is 0 Å². The van der Waals surface area contributed by atoms with Gasteiger partial charge in [0.2, 0.25) is 0 Å². The molecule has 23 heavy (non-hydrogen) atoms. The van der Waals surface area contributed by atoms with Crippen LogP contribution < -0.4 is 0 Å². The van der Waals surface area contributed by atoms with Crippen LogP contribution in [0.4, 0.5) is 0 Å². The van der Waals surface area contributed by atoms with Gasteiger partial charge in [0.05, 0.1) is 42.7 Å². The summed E-state index contributed by atoms with van der Waals surface area (Å²) < 4.78 is 16.9. The second kappa shape index (κ2) is 5.94. The third kappa shape index (κ3) is 2.96. The first-order chi connectivity index (χ1) is 11.2. The summed E-state index contributed by atoms with van der Waals surface area (Å²) in [6.07, 6.45) is 5.31. The summed E-state index contributed by atoms with van der Waals surface area (Å²) in [5.74, 6) is -0.255. The lowest BCUT2D eigenvalue weighted by atomic mass is 9.85. The molecule has 2 heterocycles. The van der Waals surface area contributed by atoms with Crippen molar-refractivity contribution in [2.45, 2.75) is 31.5 Å². The number of nitrogens with one attached hydrogen (secondary N) is 1. The number of benzene rings is 1. The normalized spacial score (nSPS) is 21.0. The number of hydrogen-bond acceptors (Lipinski definition) is 5. The topological polar surface area (TPSA) is 73.4 Å². The highest BCUT2D eigenvalue weighted by molar-refractivity contribution is 5.93. The zero-order valence-corrected chi connectivity index (χ0v) is 12.9. The number of hydrogen-bond donors (Lipinski definition) is 1. The molecule has 4 rings (SSSR count). The van der Waals surface area contributed by atoms with Gasteiger partial charge in [-0.1, -0.05) is 0 Å². The number of rotatable bonds is 3. The molecular weight excluding hydrogens is 296 g/mol. The highest BCUT2D eigenvalue weighted by atomic mass is 16.7. The maximum atomic E-state index is 12.2. The number of fused-ring (bicyclic) bond motifs is 1. The van der Waals surface area contributed by atoms with Gasteiger partial charge in [-0.3, -0.25) is 0 Å². The van der Waals surface area contributed by atoms with Crippen LogP contribution in [-0.4, -0.2) is 41.5 Å². The number of carbonyl (C=O) groups excluding carboxylic acids is 1. The summed E-state index contributed by atoms with van der Waals surface area (Å²) in [6.45, 7) is 1.83. The van der Waals surface area contributed by atoms with Crippen molar-refractivity contribution in [1.29, 1.82) is 0 Å². The lowest BCUT2D eigenvalue weighted by Gasteiger charge is -2.35. The summed E-state index contributed by atoms with van der Waals surface area (Å²) in [7, 11) is 0. The molecule has 1 aromatic carbocycles. The van der Waals surface area contributed by atoms with Crippen LogP contribution in [0.3, 0.4) is 0 Å². The van der Waals surface area contributed by atoms with Crippen molar-refractivity contribution in [3.63, 3.8) is 0 Å². The summed E-state index contributed by atoms with van der Waals surface area (Å²) in [6, 6.07) is 5.35. The van der Waals surface area contributed by atoms with Crippen molar-refractivity contribution in [3.05, 3.63) is 30.1 Å². The van der Waals surface area contributed by atoms with E-state index in [1.165, 1.54) is 0 Å². The lowest BCUT2D eigenvalue weighted by Crippen LogP contribution is -2.36. The maximum absolute atomic E-state index is 12.2. The Morgan fingerprint density at radius 2 is 2.09 bits per heavy atom. The van der Waals surface area contributed by atoms with E-state index < -0.39 is 0 Å². The number of aromatic nitrogens is 2. The molecule has 0 atom stereocenters. The Morgan fingerprint density at radius 1 is 1.30 bits per heavy atom. The number of imidazole rings is 1. The van der Waals surface area contributed by atoms with Crippen LogP contribution in [0.1, 0.15) is 36.0 Å². The van der Waals surface area contributed by atoms with E-state index in [4.69, 9.17) is 14.2 Å². The minimum absolute atomic E-state index is 0.282. The minimum Gasteiger partial charge on any atom is -0.462 e. The zero-order chi connectivity index (χ0) is 15.7. The van der Waals surface area contributed by atoms with Crippen LogP contribution in [0.25, 0.3) is 11.0 Å². The minimum atomic E-state index is -0.355. The summed E-state index contributed by atoms with van der Waals surface area (Å²) >= 11 is 0. The van der Waals surface area contributed by atoms with Gasteiger partial charge in [0.1, 0.15) is 0 Å². The van der Waals surface area contributed by atoms with Gasteiger partial charge in [0, 0.05) is 12.8 Å². The zero-order valence-electron chi connectivity index (χ0n) is 12.9. The molecule has 0 radical (unpaired) electrons. The van der Waals surface area contributed by atoms with Crippen LogP contribution in [0.15, 0.2) is 24.5 Å². The number of carbonyl (C=O) groups is 1. The second-order valence-corrected chi connectivity index (χ2v) is 6.28. The molecule has 1 aromatic heterocycles. The summed E-state index contributed by atoms with van der Waals surface area (Å²) in [4.78, 5) is 19.3. The third-order valence-corrected chi connectivity index (χ3v) is 4.79. The Morgan fingerprint density at radius 3 is 2.87 bits per heavy atom. The fourth-order valence-electron chi connectivity index (χ4n) is 3.41. The molecule has 1 aliphatic carbocycles. The van der Waals surface area contributed by atoms with E-state index in [1.807, 2.05) is 6.07 Å². The lowest BCUT2D eigenvalue weighted by molar-refractivity contribution is -0.183. The van der Waals surface area contributed by atoms with Gasteiger partial charge in [-0.2, -0.15) is 0 Å². The van der Waals surface area contributed by atoms with Gasteiger partial charge in [-0.05, 0) is 37.0 Å². The molecular formula is C17H20N2O4. The molecule has 2 aliphatic rings. The molecule has 1 spiro atoms. The van der Waals surface area contributed by atoms with E-state index >= 15 is 0 Å². The van der Waals surface area contributed by atoms with Gasteiger partial charge in [-0.15, -0.1) is 0 Å². The monoisotopic (exact) mass is 316 g/mol. The first kappa shape index (κ1) is 14.7. The second-order valence-electron chi connectivity index (χ2n) is 6.28. The molecule has 0 unspecified atom stereocenters. The van der Waals surface area contributed by atoms with Crippen molar-refractivity contribution in [3.8, 4) is 0 Å². The molecule has 1 aliphatic heterocycles. The van der Waals surface area contributed by atoms with E-state index in [0.29, 0.717) is 31.3 Å². The Bertz CT molecular complexity index is 695. The molecule has 6 heteroatoms. The highest BCUT2D eigenvalue weighted by Gasteiger charge is 2.40. The number of ether oxygens (including phenoxy) is 3. The Hall–Kier alpha value is -1.92. The fraction of sp³-hybridized carbons (Fsp3) is 0.529. The van der Waals surface area contributed by atoms with Crippen LogP contribution in [0.2, 0.25) is 0 Å². The molecule has 0 amide bonds. The maximum Gasteiger partial charge on any atom is 0.338 e. The molecule has 2 aromatic rings. The van der Waals surface area contributed by atoms with E-state index in [1.54, 1.807) is 18.5 Å². The first-order valence-corrected chi connectivity index (χ1v) is 8.12. The number of esters is 1. The number of aromatic amines is 1. The molecule has 2 fully saturated rings. The number of nitrogens with zero attached hydrogens (tertiary/aromatic N) is 1. The predicted octanol–water partition coefficient (Wildman–Crippen LogP) is 2.65. The Labute approximate surface area is 134 Å². The molecule has 122 valence electrons. The van der Waals surface area contributed by atoms with Gasteiger partial charge in [0.25, 0.3) is 0 Å². The van der Waals surface area contributed by atoms with Crippen molar-refractivity contribution < 1.29 is 19.0 Å². The predicted molar refractivity (Wildman–Crippen MR) is 83.0 cm³/mol. The smallest absolute Gasteiger partial charge is 0.338 e. The summed E-state index contributed by atoms with van der Waals surface area (Å²) in [5.41, 5.74) is 2.24. The SMILES string of the molecule is O=C(OCC1CCC2(CC1)OCCO2)c1ccc2nc[nH]c2c1. The summed E-state index contributed by atoms with van der Waals surface area (Å²) in [5, 5.41) is 0. The molecule has 1 N–H and O–H groups in total. The molecule has 6 nitrogen and oxygen atoms in total. The van der Waals surface area contributed by atoms with E-state index in [2.05, 4.69) is 9.97 Å². The van der Waals surface area contributed by atoms with Crippen molar-refractivity contribution in [2.24, 2.45) is 5.92 Å². The van der Waals surface area contributed by atoms with E-state index in [-0.39, 0.29) is 11.8 Å². The van der Waals surface area contributed by atoms with Crippen molar-refractivity contribution in [1.82, 2.24) is 9.97 Å². The van der Waals surface area contributed by atoms with Crippen molar-refractivity contribution >= 4 is 17.0 Å². The van der Waals surface area contributed by atoms with Crippen LogP contribution in [0, 0.1) is 5.92 Å². The molecule has 0 bridgehead atoms. The molecule has 1 saturated heterocycles. The van der Waals surface area contributed by atoms with Crippen LogP contribution in [-0.2, 0) is 14.2 Å². The number of H-pyrrole nitrogens is 1. The standard InChI is InChI=1S/C17H20N2O4/c20-16(13-1-2-14-15(9-13)19-11-18-14)21-10-12-3-5-17(6-4-12)22-7-8-23-17/h1-2,9,11-12H,3-8,10H2,(H,18,19).